The lowest BCUT2D eigenvalue weighted by Gasteiger charge is -2.03. The van der Waals surface area contributed by atoms with Crippen LogP contribution in [-0.4, -0.2) is 10.9 Å². The van der Waals surface area contributed by atoms with Crippen LogP contribution in [0.1, 0.15) is 30.0 Å². The summed E-state index contributed by atoms with van der Waals surface area (Å²) in [4.78, 5) is 17.2. The Hall–Kier alpha value is -1.39. The Bertz CT molecular complexity index is 622. The Morgan fingerprint density at radius 2 is 2.20 bits per heavy atom. The first-order chi connectivity index (χ1) is 9.45. The van der Waals surface area contributed by atoms with E-state index in [4.69, 9.17) is 11.6 Å². The molecular formula is C15H17ClN2OS. The average Bonchev–Trinajstić information content (AvgIpc) is 2.69. The first-order valence-electron chi connectivity index (χ1n) is 6.47. The van der Waals surface area contributed by atoms with Gasteiger partial charge in [0.1, 0.15) is 0 Å². The summed E-state index contributed by atoms with van der Waals surface area (Å²) in [6.45, 7) is 5.69. The largest absolute Gasteiger partial charge is 0.302 e. The molecule has 0 fully saturated rings. The first-order valence-corrected chi connectivity index (χ1v) is 7.66. The van der Waals surface area contributed by atoms with Crippen molar-refractivity contribution in [2.45, 2.75) is 27.2 Å². The molecule has 0 aliphatic heterocycles. The molecule has 0 atom stereocenters. The summed E-state index contributed by atoms with van der Waals surface area (Å²) < 4.78 is 0. The van der Waals surface area contributed by atoms with E-state index in [1.54, 1.807) is 0 Å². The van der Waals surface area contributed by atoms with Gasteiger partial charge in [-0.05, 0) is 24.6 Å². The molecule has 0 aliphatic rings. The molecule has 2 aromatic rings. The molecular weight excluding hydrogens is 292 g/mol. The van der Waals surface area contributed by atoms with Crippen molar-refractivity contribution in [3.63, 3.8) is 0 Å². The third-order valence-electron chi connectivity index (χ3n) is 2.90. The van der Waals surface area contributed by atoms with Gasteiger partial charge in [-0.3, -0.25) is 4.79 Å². The number of halogens is 1. The van der Waals surface area contributed by atoms with E-state index in [0.29, 0.717) is 5.13 Å². The summed E-state index contributed by atoms with van der Waals surface area (Å²) in [5, 5.41) is 4.24. The highest BCUT2D eigenvalue weighted by atomic mass is 35.5. The predicted octanol–water partition coefficient (Wildman–Crippen LogP) is 4.29. The minimum atomic E-state index is -0.0458. The molecule has 1 amide bonds. The van der Waals surface area contributed by atoms with Crippen LogP contribution in [0.2, 0.25) is 5.02 Å². The number of benzene rings is 1. The van der Waals surface area contributed by atoms with Crippen molar-refractivity contribution in [2.24, 2.45) is 5.92 Å². The van der Waals surface area contributed by atoms with Crippen molar-refractivity contribution in [3.05, 3.63) is 45.4 Å². The van der Waals surface area contributed by atoms with E-state index >= 15 is 0 Å². The Balaban J connectivity index is 2.13. The molecule has 1 N–H and O–H groups in total. The van der Waals surface area contributed by atoms with E-state index < -0.39 is 0 Å². The van der Waals surface area contributed by atoms with Crippen LogP contribution < -0.4 is 5.32 Å². The normalized spacial score (nSPS) is 10.8. The Kier molecular flexibility index (Phi) is 4.78. The van der Waals surface area contributed by atoms with Crippen LogP contribution >= 0.6 is 22.9 Å². The summed E-state index contributed by atoms with van der Waals surface area (Å²) >= 11 is 7.51. The second-order valence-electron chi connectivity index (χ2n) is 4.98. The van der Waals surface area contributed by atoms with E-state index in [2.05, 4.69) is 10.3 Å². The highest BCUT2D eigenvalue weighted by Crippen LogP contribution is 2.26. The van der Waals surface area contributed by atoms with Crippen molar-refractivity contribution in [2.75, 3.05) is 5.32 Å². The maximum atomic E-state index is 11.7. The number of nitrogens with zero attached hydrogens (tertiary/aromatic N) is 1. The van der Waals surface area contributed by atoms with E-state index in [-0.39, 0.29) is 11.8 Å². The fourth-order valence-corrected chi connectivity index (χ4v) is 2.94. The number of amides is 1. The number of aromatic nitrogens is 1. The van der Waals surface area contributed by atoms with Crippen LogP contribution in [0.5, 0.6) is 0 Å². The highest BCUT2D eigenvalue weighted by Gasteiger charge is 2.13. The van der Waals surface area contributed by atoms with Gasteiger partial charge >= 0.3 is 0 Å². The molecule has 0 radical (unpaired) electrons. The van der Waals surface area contributed by atoms with Crippen molar-refractivity contribution in [3.8, 4) is 0 Å². The topological polar surface area (TPSA) is 42.0 Å². The van der Waals surface area contributed by atoms with Crippen LogP contribution in [0, 0.1) is 12.8 Å². The SMILES string of the molecule is Cc1nc(NC(=O)C(C)C)sc1Cc1cccc(Cl)c1. The standard InChI is InChI=1S/C15H17ClN2OS/c1-9(2)14(19)18-15-17-10(3)13(20-15)8-11-5-4-6-12(16)7-11/h4-7,9H,8H2,1-3H3,(H,17,18,19). The molecule has 0 spiro atoms. The molecule has 20 heavy (non-hydrogen) atoms. The molecule has 0 saturated heterocycles. The lowest BCUT2D eigenvalue weighted by Crippen LogP contribution is -2.17. The van der Waals surface area contributed by atoms with Crippen LogP contribution in [-0.2, 0) is 11.2 Å². The number of hydrogen-bond acceptors (Lipinski definition) is 3. The fraction of sp³-hybridized carbons (Fsp3) is 0.333. The monoisotopic (exact) mass is 308 g/mol. The number of aryl methyl sites for hydroxylation is 1. The maximum Gasteiger partial charge on any atom is 0.228 e. The van der Waals surface area contributed by atoms with Gasteiger partial charge in [-0.25, -0.2) is 4.98 Å². The van der Waals surface area contributed by atoms with E-state index in [1.807, 2.05) is 45.0 Å². The predicted molar refractivity (Wildman–Crippen MR) is 84.6 cm³/mol. The van der Waals surface area contributed by atoms with Gasteiger partial charge in [0.05, 0.1) is 5.69 Å². The Labute approximate surface area is 128 Å². The number of carbonyl (C=O) groups is 1. The molecule has 1 heterocycles. The Morgan fingerprint density at radius 1 is 1.45 bits per heavy atom. The van der Waals surface area contributed by atoms with Gasteiger partial charge in [-0.15, -0.1) is 11.3 Å². The molecule has 0 saturated carbocycles. The average molecular weight is 309 g/mol. The van der Waals surface area contributed by atoms with E-state index in [0.717, 1.165) is 27.6 Å². The van der Waals surface area contributed by atoms with Crippen molar-refractivity contribution >= 4 is 34.0 Å². The summed E-state index contributed by atoms with van der Waals surface area (Å²) in [6.07, 6.45) is 0.779. The molecule has 0 aliphatic carbocycles. The third-order valence-corrected chi connectivity index (χ3v) is 4.21. The Morgan fingerprint density at radius 3 is 2.85 bits per heavy atom. The second kappa shape index (κ2) is 6.37. The molecule has 0 bridgehead atoms. The van der Waals surface area contributed by atoms with E-state index in [9.17, 15) is 4.79 Å². The molecule has 1 aromatic carbocycles. The molecule has 3 nitrogen and oxygen atoms in total. The summed E-state index contributed by atoms with van der Waals surface area (Å²) in [5.41, 5.74) is 2.10. The first kappa shape index (κ1) is 15.0. The maximum absolute atomic E-state index is 11.7. The van der Waals surface area contributed by atoms with Gasteiger partial charge in [0, 0.05) is 22.2 Å². The second-order valence-corrected chi connectivity index (χ2v) is 6.50. The van der Waals surface area contributed by atoms with Crippen LogP contribution in [0.15, 0.2) is 24.3 Å². The lowest BCUT2D eigenvalue weighted by molar-refractivity contribution is -0.118. The van der Waals surface area contributed by atoms with Gasteiger partial charge in [-0.1, -0.05) is 37.6 Å². The molecule has 1 aromatic heterocycles. The molecule has 0 unspecified atom stereocenters. The van der Waals surface area contributed by atoms with Gasteiger partial charge in [0.2, 0.25) is 5.91 Å². The number of thiazole rings is 1. The number of nitrogens with one attached hydrogen (secondary N) is 1. The van der Waals surface area contributed by atoms with Gasteiger partial charge in [0.15, 0.2) is 5.13 Å². The summed E-state index contributed by atoms with van der Waals surface area (Å²) in [5.74, 6) is -0.0522. The number of rotatable bonds is 4. The zero-order valence-corrected chi connectivity index (χ0v) is 13.3. The van der Waals surface area contributed by atoms with Crippen molar-refractivity contribution in [1.29, 1.82) is 0 Å². The van der Waals surface area contributed by atoms with Crippen LogP contribution in [0.4, 0.5) is 5.13 Å². The van der Waals surface area contributed by atoms with Crippen molar-refractivity contribution in [1.82, 2.24) is 4.98 Å². The number of carbonyl (C=O) groups excluding carboxylic acids is 1. The van der Waals surface area contributed by atoms with Gasteiger partial charge in [0.25, 0.3) is 0 Å². The quantitative estimate of drug-likeness (QED) is 0.915. The number of anilines is 1. The van der Waals surface area contributed by atoms with Gasteiger partial charge < -0.3 is 5.32 Å². The van der Waals surface area contributed by atoms with Crippen LogP contribution in [0.3, 0.4) is 0 Å². The highest BCUT2D eigenvalue weighted by molar-refractivity contribution is 7.15. The van der Waals surface area contributed by atoms with E-state index in [1.165, 1.54) is 11.3 Å². The zero-order chi connectivity index (χ0) is 14.7. The molecule has 106 valence electrons. The fourth-order valence-electron chi connectivity index (χ4n) is 1.73. The minimum Gasteiger partial charge on any atom is -0.302 e. The lowest BCUT2D eigenvalue weighted by atomic mass is 10.1. The van der Waals surface area contributed by atoms with Crippen LogP contribution in [0.25, 0.3) is 0 Å². The summed E-state index contributed by atoms with van der Waals surface area (Å²) in [6, 6.07) is 7.79. The molecule has 2 rings (SSSR count). The smallest absolute Gasteiger partial charge is 0.228 e. The van der Waals surface area contributed by atoms with Crippen molar-refractivity contribution < 1.29 is 4.79 Å². The minimum absolute atomic E-state index is 0.00643. The van der Waals surface area contributed by atoms with Gasteiger partial charge in [-0.2, -0.15) is 0 Å². The summed E-state index contributed by atoms with van der Waals surface area (Å²) in [7, 11) is 0. The number of hydrogen-bond donors (Lipinski definition) is 1. The zero-order valence-electron chi connectivity index (χ0n) is 11.7. The molecule has 5 heteroatoms. The third kappa shape index (κ3) is 3.81.